The molecule has 1 fully saturated rings. The Bertz CT molecular complexity index is 231. The lowest BCUT2D eigenvalue weighted by molar-refractivity contribution is -0.127. The summed E-state index contributed by atoms with van der Waals surface area (Å²) in [6.07, 6.45) is 1.98. The van der Waals surface area contributed by atoms with Crippen molar-refractivity contribution in [2.45, 2.75) is 18.9 Å². The first-order chi connectivity index (χ1) is 8.76. The molecule has 0 aromatic heterocycles. The highest BCUT2D eigenvalue weighted by atomic mass is 16.5. The van der Waals surface area contributed by atoms with Crippen LogP contribution in [0.25, 0.3) is 0 Å². The van der Waals surface area contributed by atoms with Crippen LogP contribution >= 0.6 is 0 Å². The van der Waals surface area contributed by atoms with Crippen molar-refractivity contribution in [3.8, 4) is 0 Å². The monoisotopic (exact) mass is 259 g/mol. The largest absolute Gasteiger partial charge is 0.382 e. The van der Waals surface area contributed by atoms with Crippen LogP contribution in [0.5, 0.6) is 0 Å². The number of nitrogens with one attached hydrogen (secondary N) is 1. The van der Waals surface area contributed by atoms with Crippen LogP contribution < -0.4 is 11.1 Å². The molecule has 0 spiro atoms. The quantitative estimate of drug-likeness (QED) is 0.558. The lowest BCUT2D eigenvalue weighted by atomic mass is 10.1. The zero-order chi connectivity index (χ0) is 13.2. The van der Waals surface area contributed by atoms with Gasteiger partial charge in [0, 0.05) is 39.3 Å². The predicted molar refractivity (Wildman–Crippen MR) is 69.4 cm³/mol. The van der Waals surface area contributed by atoms with Gasteiger partial charge in [0.2, 0.25) is 5.91 Å². The third-order valence-electron chi connectivity index (χ3n) is 3.06. The van der Waals surface area contributed by atoms with Gasteiger partial charge in [-0.25, -0.2) is 0 Å². The minimum atomic E-state index is -0.0385. The second-order valence-electron chi connectivity index (χ2n) is 4.52. The number of carbonyl (C=O) groups excluding carboxylic acids is 1. The average Bonchev–Trinajstić information content (AvgIpc) is 2.37. The van der Waals surface area contributed by atoms with E-state index in [1.54, 1.807) is 7.11 Å². The molecule has 1 saturated heterocycles. The number of amides is 1. The van der Waals surface area contributed by atoms with E-state index in [1.807, 2.05) is 0 Å². The van der Waals surface area contributed by atoms with E-state index in [2.05, 4.69) is 10.2 Å². The molecule has 6 nitrogen and oxygen atoms in total. The molecule has 0 saturated carbocycles. The molecule has 1 amide bonds. The smallest absolute Gasteiger partial charge is 0.246 e. The molecular formula is C12H25N3O3. The van der Waals surface area contributed by atoms with E-state index in [9.17, 15) is 4.79 Å². The maximum Gasteiger partial charge on any atom is 0.246 e. The van der Waals surface area contributed by atoms with Crippen LogP contribution in [0.3, 0.4) is 0 Å². The van der Waals surface area contributed by atoms with E-state index in [4.69, 9.17) is 15.2 Å². The fourth-order valence-corrected chi connectivity index (χ4v) is 2.06. The van der Waals surface area contributed by atoms with Crippen molar-refractivity contribution in [1.29, 1.82) is 0 Å². The number of methoxy groups -OCH3 is 1. The van der Waals surface area contributed by atoms with Gasteiger partial charge in [0.25, 0.3) is 0 Å². The predicted octanol–water partition coefficient (Wildman–Crippen LogP) is -0.811. The van der Waals surface area contributed by atoms with E-state index in [0.717, 1.165) is 32.5 Å². The summed E-state index contributed by atoms with van der Waals surface area (Å²) in [5.74, 6) is -0.0385. The van der Waals surface area contributed by atoms with Crippen molar-refractivity contribution in [3.05, 3.63) is 0 Å². The SMILES string of the molecule is COCCOCC(=O)NC1CCN(CCN)CC1. The van der Waals surface area contributed by atoms with Crippen LogP contribution in [0, 0.1) is 0 Å². The zero-order valence-corrected chi connectivity index (χ0v) is 11.2. The van der Waals surface area contributed by atoms with Gasteiger partial charge >= 0.3 is 0 Å². The fraction of sp³-hybridized carbons (Fsp3) is 0.917. The van der Waals surface area contributed by atoms with Gasteiger partial charge in [-0.2, -0.15) is 0 Å². The Morgan fingerprint density at radius 3 is 2.72 bits per heavy atom. The van der Waals surface area contributed by atoms with Gasteiger partial charge in [-0.1, -0.05) is 0 Å². The minimum Gasteiger partial charge on any atom is -0.382 e. The van der Waals surface area contributed by atoms with Crippen LogP contribution in [0.2, 0.25) is 0 Å². The molecule has 0 atom stereocenters. The Kier molecular flexibility index (Phi) is 7.91. The molecular weight excluding hydrogens is 234 g/mol. The Balaban J connectivity index is 2.07. The second-order valence-corrected chi connectivity index (χ2v) is 4.52. The summed E-state index contributed by atoms with van der Waals surface area (Å²) in [5, 5.41) is 3.00. The number of ether oxygens (including phenoxy) is 2. The molecule has 3 N–H and O–H groups in total. The first kappa shape index (κ1) is 15.4. The van der Waals surface area contributed by atoms with Crippen molar-refractivity contribution < 1.29 is 14.3 Å². The Morgan fingerprint density at radius 1 is 1.39 bits per heavy atom. The number of rotatable bonds is 8. The summed E-state index contributed by atoms with van der Waals surface area (Å²) >= 11 is 0. The fourth-order valence-electron chi connectivity index (χ4n) is 2.06. The summed E-state index contributed by atoms with van der Waals surface area (Å²) in [7, 11) is 1.61. The Morgan fingerprint density at radius 2 is 2.11 bits per heavy atom. The number of hydrogen-bond donors (Lipinski definition) is 2. The molecule has 1 heterocycles. The van der Waals surface area contributed by atoms with E-state index in [-0.39, 0.29) is 18.6 Å². The highest BCUT2D eigenvalue weighted by Crippen LogP contribution is 2.09. The van der Waals surface area contributed by atoms with Gasteiger partial charge in [-0.3, -0.25) is 4.79 Å². The lowest BCUT2D eigenvalue weighted by Crippen LogP contribution is -2.46. The van der Waals surface area contributed by atoms with E-state index >= 15 is 0 Å². The molecule has 6 heteroatoms. The summed E-state index contributed by atoms with van der Waals surface area (Å²) in [5.41, 5.74) is 5.52. The second kappa shape index (κ2) is 9.27. The number of nitrogens with zero attached hydrogens (tertiary/aromatic N) is 1. The van der Waals surface area contributed by atoms with Gasteiger partial charge in [0.05, 0.1) is 13.2 Å². The molecule has 0 radical (unpaired) electrons. The lowest BCUT2D eigenvalue weighted by Gasteiger charge is -2.31. The van der Waals surface area contributed by atoms with E-state index < -0.39 is 0 Å². The first-order valence-electron chi connectivity index (χ1n) is 6.54. The Hall–Kier alpha value is -0.690. The van der Waals surface area contributed by atoms with Crippen LogP contribution in [-0.4, -0.2) is 70.0 Å². The topological polar surface area (TPSA) is 76.8 Å². The third-order valence-corrected chi connectivity index (χ3v) is 3.06. The number of nitrogens with two attached hydrogens (primary N) is 1. The molecule has 0 aromatic rings. The highest BCUT2D eigenvalue weighted by molar-refractivity contribution is 5.77. The number of piperidine rings is 1. The number of hydrogen-bond acceptors (Lipinski definition) is 5. The standard InChI is InChI=1S/C12H25N3O3/c1-17-8-9-18-10-12(16)14-11-2-5-15(6-3-11)7-4-13/h11H,2-10,13H2,1H3,(H,14,16). The van der Waals surface area contributed by atoms with Gasteiger partial charge < -0.3 is 25.4 Å². The van der Waals surface area contributed by atoms with Gasteiger partial charge in [-0.15, -0.1) is 0 Å². The van der Waals surface area contributed by atoms with Crippen molar-refractivity contribution in [1.82, 2.24) is 10.2 Å². The summed E-state index contributed by atoms with van der Waals surface area (Å²) in [6.45, 7) is 4.75. The minimum absolute atomic E-state index is 0.0385. The molecule has 1 aliphatic heterocycles. The van der Waals surface area contributed by atoms with Crippen LogP contribution in [0.1, 0.15) is 12.8 Å². The molecule has 18 heavy (non-hydrogen) atoms. The molecule has 0 unspecified atom stereocenters. The number of likely N-dealkylation sites (tertiary alicyclic amines) is 1. The van der Waals surface area contributed by atoms with Gasteiger partial charge in [-0.05, 0) is 12.8 Å². The van der Waals surface area contributed by atoms with Crippen LogP contribution in [0.15, 0.2) is 0 Å². The average molecular weight is 259 g/mol. The highest BCUT2D eigenvalue weighted by Gasteiger charge is 2.19. The molecule has 1 rings (SSSR count). The van der Waals surface area contributed by atoms with Crippen molar-refractivity contribution in [2.24, 2.45) is 5.73 Å². The summed E-state index contributed by atoms with van der Waals surface area (Å²) in [4.78, 5) is 13.9. The zero-order valence-electron chi connectivity index (χ0n) is 11.2. The van der Waals surface area contributed by atoms with Gasteiger partial charge in [0.1, 0.15) is 6.61 Å². The van der Waals surface area contributed by atoms with Crippen LogP contribution in [-0.2, 0) is 14.3 Å². The summed E-state index contributed by atoms with van der Waals surface area (Å²) < 4.78 is 10.0. The molecule has 0 aromatic carbocycles. The van der Waals surface area contributed by atoms with Gasteiger partial charge in [0.15, 0.2) is 0 Å². The molecule has 106 valence electrons. The Labute approximate surface area is 109 Å². The van der Waals surface area contributed by atoms with E-state index in [1.165, 1.54) is 0 Å². The van der Waals surface area contributed by atoms with Crippen molar-refractivity contribution in [3.63, 3.8) is 0 Å². The van der Waals surface area contributed by atoms with Crippen molar-refractivity contribution in [2.75, 3.05) is 53.1 Å². The summed E-state index contributed by atoms with van der Waals surface area (Å²) in [6, 6.07) is 0.276. The van der Waals surface area contributed by atoms with Crippen molar-refractivity contribution >= 4 is 5.91 Å². The van der Waals surface area contributed by atoms with E-state index in [0.29, 0.717) is 19.8 Å². The normalized spacial score (nSPS) is 17.9. The maximum absolute atomic E-state index is 11.6. The maximum atomic E-state index is 11.6. The van der Waals surface area contributed by atoms with Crippen LogP contribution in [0.4, 0.5) is 0 Å². The molecule has 1 aliphatic rings. The molecule has 0 bridgehead atoms. The molecule has 0 aliphatic carbocycles. The third kappa shape index (κ3) is 6.30. The first-order valence-corrected chi connectivity index (χ1v) is 6.54. The number of carbonyl (C=O) groups is 1.